The number of hydrogen-bond donors (Lipinski definition) is 1. The van der Waals surface area contributed by atoms with Crippen LogP contribution in [0.1, 0.15) is 35.6 Å². The number of ether oxygens (including phenoxy) is 1. The van der Waals surface area contributed by atoms with Crippen LogP contribution in [0, 0.1) is 0 Å². The summed E-state index contributed by atoms with van der Waals surface area (Å²) in [4.78, 5) is 4.20. The van der Waals surface area contributed by atoms with E-state index in [-0.39, 0.29) is 6.04 Å². The standard InChI is InChI=1S/C14H17N5O/c1-2-10(8-15-4-1)12-14-18-17-13(11-3-7-20-9-11)19(14)6-5-16-12/h1-2,4,8,11-12,16H,3,5-7,9H2. The molecule has 1 N–H and O–H groups in total. The molecule has 0 saturated carbocycles. The predicted molar refractivity (Wildman–Crippen MR) is 72.3 cm³/mol. The lowest BCUT2D eigenvalue weighted by Crippen LogP contribution is -2.35. The van der Waals surface area contributed by atoms with Crippen molar-refractivity contribution in [2.75, 3.05) is 19.8 Å². The Balaban J connectivity index is 1.71. The zero-order valence-corrected chi connectivity index (χ0v) is 11.2. The highest BCUT2D eigenvalue weighted by Crippen LogP contribution is 2.29. The molecule has 6 nitrogen and oxygen atoms in total. The summed E-state index contributed by atoms with van der Waals surface area (Å²) >= 11 is 0. The molecule has 2 atom stereocenters. The minimum absolute atomic E-state index is 0.0843. The maximum absolute atomic E-state index is 5.48. The largest absolute Gasteiger partial charge is 0.381 e. The second-order valence-corrected chi connectivity index (χ2v) is 5.30. The summed E-state index contributed by atoms with van der Waals surface area (Å²) in [6.07, 6.45) is 4.72. The number of nitrogens with zero attached hydrogens (tertiary/aromatic N) is 4. The highest BCUT2D eigenvalue weighted by Gasteiger charge is 2.30. The van der Waals surface area contributed by atoms with Gasteiger partial charge >= 0.3 is 0 Å². The summed E-state index contributed by atoms with van der Waals surface area (Å²) in [7, 11) is 0. The van der Waals surface area contributed by atoms with Crippen LogP contribution in [0.3, 0.4) is 0 Å². The second-order valence-electron chi connectivity index (χ2n) is 5.30. The summed E-state index contributed by atoms with van der Waals surface area (Å²) < 4.78 is 7.73. The highest BCUT2D eigenvalue weighted by atomic mass is 16.5. The lowest BCUT2D eigenvalue weighted by atomic mass is 10.1. The quantitative estimate of drug-likeness (QED) is 0.878. The molecular weight excluding hydrogens is 254 g/mol. The van der Waals surface area contributed by atoms with Crippen LogP contribution in [0.4, 0.5) is 0 Å². The first-order valence-electron chi connectivity index (χ1n) is 7.07. The molecule has 0 bridgehead atoms. The van der Waals surface area contributed by atoms with E-state index < -0.39 is 0 Å². The minimum atomic E-state index is 0.0843. The fourth-order valence-electron chi connectivity index (χ4n) is 3.04. The lowest BCUT2D eigenvalue weighted by molar-refractivity contribution is 0.192. The minimum Gasteiger partial charge on any atom is -0.381 e. The highest BCUT2D eigenvalue weighted by molar-refractivity contribution is 5.24. The van der Waals surface area contributed by atoms with Crippen molar-refractivity contribution in [1.29, 1.82) is 0 Å². The third-order valence-electron chi connectivity index (χ3n) is 4.06. The van der Waals surface area contributed by atoms with E-state index >= 15 is 0 Å². The SMILES string of the molecule is c1cncc(C2NCCn3c(C4CCOC4)nnc32)c1. The maximum atomic E-state index is 5.48. The monoisotopic (exact) mass is 271 g/mol. The van der Waals surface area contributed by atoms with E-state index in [2.05, 4.69) is 31.1 Å². The van der Waals surface area contributed by atoms with Crippen molar-refractivity contribution in [3.05, 3.63) is 41.7 Å². The normalized spacial score (nSPS) is 25.6. The van der Waals surface area contributed by atoms with Crippen molar-refractivity contribution in [1.82, 2.24) is 25.1 Å². The van der Waals surface area contributed by atoms with Crippen molar-refractivity contribution in [2.24, 2.45) is 0 Å². The molecule has 0 spiro atoms. The van der Waals surface area contributed by atoms with Crippen LogP contribution in [-0.2, 0) is 11.3 Å². The van der Waals surface area contributed by atoms with E-state index in [1.54, 1.807) is 6.20 Å². The Hall–Kier alpha value is -1.79. The van der Waals surface area contributed by atoms with Gasteiger partial charge in [-0.1, -0.05) is 6.07 Å². The van der Waals surface area contributed by atoms with Crippen LogP contribution in [0.2, 0.25) is 0 Å². The number of pyridine rings is 1. The Morgan fingerprint density at radius 3 is 3.05 bits per heavy atom. The summed E-state index contributed by atoms with van der Waals surface area (Å²) in [5.74, 6) is 2.46. The molecule has 6 heteroatoms. The Kier molecular flexibility index (Phi) is 2.97. The predicted octanol–water partition coefficient (Wildman–Crippen LogP) is 0.870. The first-order chi connectivity index (χ1) is 9.93. The van der Waals surface area contributed by atoms with Crippen LogP contribution in [0.15, 0.2) is 24.5 Å². The number of rotatable bonds is 2. The van der Waals surface area contributed by atoms with Crippen LogP contribution < -0.4 is 5.32 Å². The molecule has 1 fully saturated rings. The molecule has 2 aromatic rings. The van der Waals surface area contributed by atoms with Crippen LogP contribution in [0.5, 0.6) is 0 Å². The number of hydrogen-bond acceptors (Lipinski definition) is 5. The number of nitrogens with one attached hydrogen (secondary N) is 1. The summed E-state index contributed by atoms with van der Waals surface area (Å²) in [6.45, 7) is 3.44. The molecule has 0 aliphatic carbocycles. The van der Waals surface area contributed by atoms with Gasteiger partial charge in [0.15, 0.2) is 5.82 Å². The fraction of sp³-hybridized carbons (Fsp3) is 0.500. The molecule has 4 heterocycles. The summed E-state index contributed by atoms with van der Waals surface area (Å²) in [5.41, 5.74) is 1.13. The van der Waals surface area contributed by atoms with Gasteiger partial charge < -0.3 is 14.6 Å². The molecule has 2 aliphatic heterocycles. The van der Waals surface area contributed by atoms with Gasteiger partial charge in [0.1, 0.15) is 5.82 Å². The van der Waals surface area contributed by atoms with Crippen molar-refractivity contribution in [3.8, 4) is 0 Å². The average molecular weight is 271 g/mol. The smallest absolute Gasteiger partial charge is 0.154 e. The van der Waals surface area contributed by atoms with E-state index in [1.807, 2.05) is 12.3 Å². The maximum Gasteiger partial charge on any atom is 0.154 e. The van der Waals surface area contributed by atoms with Gasteiger partial charge in [-0.2, -0.15) is 0 Å². The zero-order valence-electron chi connectivity index (χ0n) is 11.2. The van der Waals surface area contributed by atoms with E-state index in [4.69, 9.17) is 4.74 Å². The first kappa shape index (κ1) is 12.0. The van der Waals surface area contributed by atoms with E-state index in [9.17, 15) is 0 Å². The van der Waals surface area contributed by atoms with Gasteiger partial charge in [-0.25, -0.2) is 0 Å². The van der Waals surface area contributed by atoms with E-state index in [0.29, 0.717) is 5.92 Å². The Morgan fingerprint density at radius 2 is 2.25 bits per heavy atom. The van der Waals surface area contributed by atoms with E-state index in [0.717, 1.165) is 49.9 Å². The molecule has 0 aromatic carbocycles. The third-order valence-corrected chi connectivity index (χ3v) is 4.06. The van der Waals surface area contributed by atoms with Gasteiger partial charge in [0, 0.05) is 38.0 Å². The Morgan fingerprint density at radius 1 is 1.30 bits per heavy atom. The first-order valence-corrected chi connectivity index (χ1v) is 7.07. The van der Waals surface area contributed by atoms with Crippen LogP contribution in [0.25, 0.3) is 0 Å². The molecule has 1 saturated heterocycles. The molecular formula is C14H17N5O. The molecule has 0 amide bonds. The van der Waals surface area contributed by atoms with Gasteiger partial charge in [0.05, 0.1) is 12.6 Å². The summed E-state index contributed by atoms with van der Waals surface area (Å²) in [6, 6.07) is 4.12. The fourth-order valence-corrected chi connectivity index (χ4v) is 3.04. The lowest BCUT2D eigenvalue weighted by Gasteiger charge is -2.25. The van der Waals surface area contributed by atoms with Crippen molar-refractivity contribution in [3.63, 3.8) is 0 Å². The van der Waals surface area contributed by atoms with Crippen LogP contribution in [-0.4, -0.2) is 39.5 Å². The van der Waals surface area contributed by atoms with Crippen LogP contribution >= 0.6 is 0 Å². The molecule has 2 unspecified atom stereocenters. The molecule has 2 aliphatic rings. The Bertz CT molecular complexity index is 591. The van der Waals surface area contributed by atoms with Crippen molar-refractivity contribution < 1.29 is 4.74 Å². The molecule has 20 heavy (non-hydrogen) atoms. The van der Waals surface area contributed by atoms with E-state index in [1.165, 1.54) is 0 Å². The molecule has 2 aromatic heterocycles. The molecule has 104 valence electrons. The van der Waals surface area contributed by atoms with Gasteiger partial charge in [0.25, 0.3) is 0 Å². The zero-order chi connectivity index (χ0) is 13.4. The second kappa shape index (κ2) is 4.96. The third kappa shape index (κ3) is 1.92. The molecule has 0 radical (unpaired) electrons. The van der Waals surface area contributed by atoms with Gasteiger partial charge in [-0.05, 0) is 18.1 Å². The number of fused-ring (bicyclic) bond motifs is 1. The average Bonchev–Trinajstić information content (AvgIpc) is 3.16. The van der Waals surface area contributed by atoms with Gasteiger partial charge in [-0.15, -0.1) is 10.2 Å². The summed E-state index contributed by atoms with van der Waals surface area (Å²) in [5, 5.41) is 12.4. The van der Waals surface area contributed by atoms with Gasteiger partial charge in [0.2, 0.25) is 0 Å². The van der Waals surface area contributed by atoms with Gasteiger partial charge in [-0.3, -0.25) is 4.98 Å². The Labute approximate surface area is 117 Å². The molecule has 4 rings (SSSR count). The van der Waals surface area contributed by atoms with Crippen molar-refractivity contribution in [2.45, 2.75) is 24.9 Å². The van der Waals surface area contributed by atoms with Crippen molar-refractivity contribution >= 4 is 0 Å². The number of aromatic nitrogens is 4. The topological polar surface area (TPSA) is 64.9 Å².